The summed E-state index contributed by atoms with van der Waals surface area (Å²) < 4.78 is 24.5. The third-order valence-corrected chi connectivity index (χ3v) is 6.45. The van der Waals surface area contributed by atoms with Gasteiger partial charge in [-0.3, -0.25) is 13.9 Å². The maximum atomic E-state index is 12.5. The van der Waals surface area contributed by atoms with Gasteiger partial charge in [0.25, 0.3) is 0 Å². The highest BCUT2D eigenvalue weighted by atomic mass is 31.2. The lowest BCUT2D eigenvalue weighted by atomic mass is 10.1. The van der Waals surface area contributed by atoms with Gasteiger partial charge in [0.1, 0.15) is 36.2 Å². The van der Waals surface area contributed by atoms with Gasteiger partial charge in [-0.15, -0.1) is 0 Å². The first-order valence-corrected chi connectivity index (χ1v) is 11.7. The summed E-state index contributed by atoms with van der Waals surface area (Å²) >= 11 is 0. The first kappa shape index (κ1) is 24.2. The predicted molar refractivity (Wildman–Crippen MR) is 116 cm³/mol. The third kappa shape index (κ3) is 5.08. The Morgan fingerprint density at radius 1 is 1.24 bits per heavy atom. The van der Waals surface area contributed by atoms with Crippen LogP contribution < -0.4 is 10.8 Å². The Bertz CT molecular complexity index is 1210. The molecule has 0 radical (unpaired) electrons. The number of hydrogen-bond acceptors (Lipinski definition) is 10. The fourth-order valence-corrected chi connectivity index (χ4v) is 4.62. The molecule has 0 aliphatic carbocycles. The van der Waals surface area contributed by atoms with Crippen molar-refractivity contribution in [2.24, 2.45) is 0 Å². The highest BCUT2D eigenvalue weighted by Crippen LogP contribution is 2.40. The van der Waals surface area contributed by atoms with Gasteiger partial charge < -0.3 is 30.7 Å². The minimum absolute atomic E-state index is 0.0634. The van der Waals surface area contributed by atoms with Crippen molar-refractivity contribution in [1.29, 1.82) is 0 Å². The Hall–Kier alpha value is -2.97. The number of ether oxygens (including phenoxy) is 1. The summed E-state index contributed by atoms with van der Waals surface area (Å²) in [6, 6.07) is 7.15. The average Bonchev–Trinajstić information content (AvgIpc) is 3.35. The van der Waals surface area contributed by atoms with Gasteiger partial charge in [0, 0.05) is 0 Å². The zero-order valence-corrected chi connectivity index (χ0v) is 18.5. The van der Waals surface area contributed by atoms with E-state index in [1.54, 1.807) is 30.3 Å². The number of nitrogens with two attached hydrogens (primary N) is 1. The van der Waals surface area contributed by atoms with Crippen LogP contribution in [0.2, 0.25) is 0 Å². The number of imidazole rings is 1. The van der Waals surface area contributed by atoms with Crippen LogP contribution in [0.5, 0.6) is 0 Å². The maximum absolute atomic E-state index is 12.5. The smallest absolute Gasteiger partial charge is 0.403 e. The van der Waals surface area contributed by atoms with E-state index in [4.69, 9.17) is 15.0 Å². The van der Waals surface area contributed by atoms with Crippen LogP contribution >= 0.6 is 7.75 Å². The van der Waals surface area contributed by atoms with Crippen molar-refractivity contribution in [3.8, 4) is 0 Å². The number of anilines is 1. The predicted octanol–water partition coefficient (Wildman–Crippen LogP) is -0.570. The normalized spacial score (nSPS) is 25.3. The molecule has 4 rings (SSSR count). The molecule has 1 aliphatic heterocycles. The molecule has 15 heteroatoms. The van der Waals surface area contributed by atoms with E-state index in [9.17, 15) is 29.6 Å². The Labute approximate surface area is 192 Å². The van der Waals surface area contributed by atoms with Crippen LogP contribution in [-0.4, -0.2) is 76.7 Å². The number of carboxylic acids is 1. The lowest BCUT2D eigenvalue weighted by molar-refractivity contribution is -0.139. The summed E-state index contributed by atoms with van der Waals surface area (Å²) in [4.78, 5) is 33.7. The molecule has 7 N–H and O–H groups in total. The Morgan fingerprint density at radius 2 is 1.97 bits per heavy atom. The number of rotatable bonds is 9. The molecule has 1 fully saturated rings. The van der Waals surface area contributed by atoms with Crippen LogP contribution in [0.1, 0.15) is 11.8 Å². The van der Waals surface area contributed by atoms with Gasteiger partial charge in [-0.1, -0.05) is 30.3 Å². The van der Waals surface area contributed by atoms with Crippen molar-refractivity contribution >= 4 is 30.7 Å². The first-order valence-electron chi connectivity index (χ1n) is 10.1. The molecule has 3 heterocycles. The highest BCUT2D eigenvalue weighted by molar-refractivity contribution is 7.50. The molecule has 0 amide bonds. The van der Waals surface area contributed by atoms with Crippen molar-refractivity contribution in [2.75, 3.05) is 12.3 Å². The van der Waals surface area contributed by atoms with Crippen LogP contribution in [0.15, 0.2) is 43.0 Å². The van der Waals surface area contributed by atoms with Crippen LogP contribution in [0.25, 0.3) is 11.2 Å². The zero-order valence-electron chi connectivity index (χ0n) is 17.6. The average molecular weight is 494 g/mol. The number of aliphatic hydroxyl groups excluding tert-OH is 2. The van der Waals surface area contributed by atoms with E-state index in [1.807, 2.05) is 0 Å². The minimum atomic E-state index is -4.62. The summed E-state index contributed by atoms with van der Waals surface area (Å²) in [7, 11) is -4.62. The van der Waals surface area contributed by atoms with Crippen LogP contribution in [0.4, 0.5) is 5.82 Å². The number of nitrogen functional groups attached to an aromatic ring is 1. The fourth-order valence-electron chi connectivity index (χ4n) is 3.60. The molecule has 1 aliphatic rings. The van der Waals surface area contributed by atoms with E-state index in [1.165, 1.54) is 17.2 Å². The summed E-state index contributed by atoms with van der Waals surface area (Å²) in [5.74, 6) is -1.23. The Morgan fingerprint density at radius 3 is 2.68 bits per heavy atom. The molecule has 0 bridgehead atoms. The van der Waals surface area contributed by atoms with Gasteiger partial charge in [0.05, 0.1) is 12.9 Å². The van der Waals surface area contributed by atoms with Crippen molar-refractivity contribution in [3.05, 3.63) is 48.5 Å². The van der Waals surface area contributed by atoms with Crippen molar-refractivity contribution in [2.45, 2.75) is 37.0 Å². The van der Waals surface area contributed by atoms with Crippen LogP contribution in [0, 0.1) is 0 Å². The number of hydrogen-bond donors (Lipinski definition) is 6. The molecule has 182 valence electrons. The van der Waals surface area contributed by atoms with Gasteiger partial charge in [0.2, 0.25) is 0 Å². The van der Waals surface area contributed by atoms with Gasteiger partial charge in [0.15, 0.2) is 17.7 Å². The number of benzene rings is 1. The summed E-state index contributed by atoms with van der Waals surface area (Å²) in [6.07, 6.45) is -2.84. The number of fused-ring (bicyclic) bond motifs is 1. The number of carbonyl (C=O) groups is 1. The summed E-state index contributed by atoms with van der Waals surface area (Å²) in [5, 5.41) is 32.4. The zero-order chi connectivity index (χ0) is 24.5. The fraction of sp³-hybridized carbons (Fsp3) is 0.368. The second-order valence-corrected chi connectivity index (χ2v) is 9.21. The molecular formula is C19H23N6O8P. The molecule has 1 unspecified atom stereocenters. The SMILES string of the molecule is Nc1ncnc2c1ncn2[C@@H]1O[C@H](COP(=O)(O)N[C@@H](Cc2ccccc2)C(=O)O)[C@@H](O)[C@H]1O. The van der Waals surface area contributed by atoms with Gasteiger partial charge in [-0.25, -0.2) is 24.6 Å². The molecule has 14 nitrogen and oxygen atoms in total. The largest absolute Gasteiger partial charge is 0.480 e. The Kier molecular flexibility index (Phi) is 6.91. The number of aliphatic hydroxyl groups is 2. The molecule has 34 heavy (non-hydrogen) atoms. The maximum Gasteiger partial charge on any atom is 0.403 e. The molecular weight excluding hydrogens is 471 g/mol. The topological polar surface area (TPSA) is 215 Å². The van der Waals surface area contributed by atoms with Gasteiger partial charge in [-0.05, 0) is 12.0 Å². The summed E-state index contributed by atoms with van der Waals surface area (Å²) in [6.45, 7) is -0.614. The van der Waals surface area contributed by atoms with E-state index >= 15 is 0 Å². The first-order chi connectivity index (χ1) is 16.2. The van der Waals surface area contributed by atoms with E-state index in [-0.39, 0.29) is 23.4 Å². The highest BCUT2D eigenvalue weighted by Gasteiger charge is 2.45. The monoisotopic (exact) mass is 494 g/mol. The van der Waals surface area contributed by atoms with Crippen LogP contribution in [-0.2, 0) is 25.0 Å². The second kappa shape index (κ2) is 9.72. The van der Waals surface area contributed by atoms with Gasteiger partial charge >= 0.3 is 13.7 Å². The molecule has 2 aromatic heterocycles. The van der Waals surface area contributed by atoms with Crippen molar-refractivity contribution in [3.63, 3.8) is 0 Å². The van der Waals surface area contributed by atoms with Crippen molar-refractivity contribution < 1.29 is 38.8 Å². The number of nitrogens with one attached hydrogen (secondary N) is 1. The van der Waals surface area contributed by atoms with E-state index in [0.717, 1.165) is 0 Å². The van der Waals surface area contributed by atoms with E-state index in [2.05, 4.69) is 20.0 Å². The molecule has 0 spiro atoms. The third-order valence-electron chi connectivity index (χ3n) is 5.31. The minimum Gasteiger partial charge on any atom is -0.480 e. The number of aromatic nitrogens is 4. The van der Waals surface area contributed by atoms with E-state index < -0.39 is 50.9 Å². The lowest BCUT2D eigenvalue weighted by Crippen LogP contribution is -2.38. The Balaban J connectivity index is 1.41. The van der Waals surface area contributed by atoms with Crippen molar-refractivity contribution in [1.82, 2.24) is 24.6 Å². The molecule has 1 saturated heterocycles. The summed E-state index contributed by atoms with van der Waals surface area (Å²) in [5.41, 5.74) is 6.92. The number of carboxylic acid groups (broad SMARTS) is 1. The second-order valence-electron chi connectivity index (χ2n) is 7.66. The molecule has 3 aromatic rings. The molecule has 0 saturated carbocycles. The number of aliphatic carboxylic acids is 1. The van der Waals surface area contributed by atoms with Gasteiger partial charge in [-0.2, -0.15) is 0 Å². The molecule has 6 atom stereocenters. The standard InChI is InChI=1S/C19H23N6O8P/c20-16-13-17(22-8-21-16)25(9-23-13)18-15(27)14(26)12(33-18)7-32-34(30,31)24-11(19(28)29)6-10-4-2-1-3-5-10/h1-5,8-9,11-12,14-15,18,26-27H,6-7H2,(H,28,29)(H2,20,21,22)(H2,24,30,31)/t11-,12+,14+,15+,18+/m0/s1. The van der Waals surface area contributed by atoms with E-state index in [0.29, 0.717) is 5.56 Å². The molecule has 1 aromatic carbocycles. The quantitative estimate of drug-likeness (QED) is 0.206. The lowest BCUT2D eigenvalue weighted by Gasteiger charge is -2.21. The van der Waals surface area contributed by atoms with Crippen LogP contribution in [0.3, 0.4) is 0 Å². The number of nitrogens with zero attached hydrogens (tertiary/aromatic N) is 4.